The van der Waals surface area contributed by atoms with Gasteiger partial charge in [-0.25, -0.2) is 9.97 Å². The van der Waals surface area contributed by atoms with E-state index in [1.807, 2.05) is 48.5 Å². The zero-order valence-corrected chi connectivity index (χ0v) is 38.5. The van der Waals surface area contributed by atoms with Crippen LogP contribution in [0.1, 0.15) is 112 Å². The number of hydrogen-bond donors (Lipinski definition) is 6. The Morgan fingerprint density at radius 2 is 0.909 bits per heavy atom. The summed E-state index contributed by atoms with van der Waals surface area (Å²) < 4.78 is 4.57. The molecular weight excluding hydrogens is 821 g/mol. The molecule has 0 aliphatic rings. The van der Waals surface area contributed by atoms with Crippen LogP contribution in [0.5, 0.6) is 0 Å². The molecule has 8 aromatic rings. The van der Waals surface area contributed by atoms with Crippen molar-refractivity contribution in [3.63, 3.8) is 0 Å². The Balaban J connectivity index is 0.881. The highest BCUT2D eigenvalue weighted by atomic mass is 16.2. The Bertz CT molecular complexity index is 2780. The quantitative estimate of drug-likeness (QED) is 0.0303. The highest BCUT2D eigenvalue weighted by molar-refractivity contribution is 6.12. The number of benzene rings is 6. The highest BCUT2D eigenvalue weighted by Crippen LogP contribution is 2.36. The van der Waals surface area contributed by atoms with Gasteiger partial charge in [-0.05, 0) is 95.1 Å². The number of nitrogens with one attached hydrogen (secondary N) is 2. The molecule has 6 aromatic carbocycles. The van der Waals surface area contributed by atoms with Gasteiger partial charge in [0.05, 0.1) is 22.4 Å². The van der Waals surface area contributed by atoms with Crippen molar-refractivity contribution in [2.24, 2.45) is 11.5 Å². The molecule has 10 N–H and O–H groups in total. The Labute approximate surface area is 387 Å². The zero-order chi connectivity index (χ0) is 46.2. The number of amides is 2. The van der Waals surface area contributed by atoms with Gasteiger partial charge in [0.15, 0.2) is 0 Å². The third kappa shape index (κ3) is 10.4. The number of aryl methyl sites for hydroxylation is 2. The van der Waals surface area contributed by atoms with Gasteiger partial charge in [0.2, 0.25) is 11.8 Å². The summed E-state index contributed by atoms with van der Waals surface area (Å²) >= 11 is 0. The Morgan fingerprint density at radius 1 is 0.515 bits per heavy atom. The number of unbranched alkanes of at least 4 members (excludes halogenated alkanes) is 5. The van der Waals surface area contributed by atoms with E-state index in [1.165, 1.54) is 0 Å². The number of nitrogens with two attached hydrogens (primary N) is 4. The van der Waals surface area contributed by atoms with E-state index in [4.69, 9.17) is 32.9 Å². The molecule has 0 radical (unpaired) electrons. The monoisotopic (exact) mass is 885 g/mol. The summed E-state index contributed by atoms with van der Waals surface area (Å²) in [6.07, 6.45) is 9.80. The van der Waals surface area contributed by atoms with Gasteiger partial charge >= 0.3 is 0 Å². The lowest BCUT2D eigenvalue weighted by Crippen LogP contribution is -2.12. The second kappa shape index (κ2) is 21.0. The first-order valence-electron chi connectivity index (χ1n) is 23.7. The second-order valence-corrected chi connectivity index (χ2v) is 17.7. The molecule has 12 heteroatoms. The molecule has 0 saturated carbocycles. The first-order chi connectivity index (χ1) is 32.2. The zero-order valence-electron chi connectivity index (χ0n) is 38.5. The number of nitrogens with zero attached hydrogens (tertiary/aromatic N) is 4. The number of hydrogen-bond acceptors (Lipinski definition) is 8. The minimum Gasteiger partial charge on any atom is -0.397 e. The van der Waals surface area contributed by atoms with E-state index in [9.17, 15) is 9.59 Å². The van der Waals surface area contributed by atoms with Crippen LogP contribution in [-0.4, -0.2) is 30.9 Å². The SMILES string of the molecule is CCCCc1nc2c(N)cc3ccc(NC(=O)CCCCCCC(=O)Nc4ccc5cc(N)c6nc(CCCC)n(Cc7ccc(CN)cc7)c6c5c4)cc3c2n1Cc1ccc(CN)cc1. The van der Waals surface area contributed by atoms with Gasteiger partial charge in [-0.3, -0.25) is 9.59 Å². The number of imidazole rings is 2. The highest BCUT2D eigenvalue weighted by Gasteiger charge is 2.20. The molecule has 2 aromatic heterocycles. The average molecular weight is 885 g/mol. The van der Waals surface area contributed by atoms with Crippen molar-refractivity contribution >= 4 is 78.2 Å². The fourth-order valence-corrected chi connectivity index (χ4v) is 9.04. The number of carbonyl (C=O) groups excluding carboxylic acids is 2. The van der Waals surface area contributed by atoms with E-state index in [2.05, 4.69) is 82.1 Å². The van der Waals surface area contributed by atoms with E-state index in [0.29, 0.717) is 50.4 Å². The Morgan fingerprint density at radius 3 is 1.29 bits per heavy atom. The summed E-state index contributed by atoms with van der Waals surface area (Å²) in [6, 6.07) is 32.7. The molecule has 342 valence electrons. The molecule has 0 aliphatic carbocycles. The van der Waals surface area contributed by atoms with Crippen molar-refractivity contribution in [2.45, 2.75) is 117 Å². The molecule has 66 heavy (non-hydrogen) atoms. The van der Waals surface area contributed by atoms with Crippen LogP contribution in [0.3, 0.4) is 0 Å². The standard InChI is InChI=1S/C54H64N10O2/c1-3-5-11-47-61-51-45(57)27-39-23-25-41(29-43(39)53(51)63(47)33-37-19-15-35(31-55)16-20-37)59-49(65)13-9-7-8-10-14-50(66)60-42-26-24-40-28-46(58)52-54(44(40)30-42)64(48(62-52)12-6-4-2)34-38-21-17-36(32-56)18-22-38/h15-30H,3-14,31-34,55-58H2,1-2H3,(H,59,65)(H,60,66). The number of nitrogen functional groups attached to an aromatic ring is 2. The van der Waals surface area contributed by atoms with Crippen molar-refractivity contribution in [1.82, 2.24) is 19.1 Å². The number of fused-ring (bicyclic) bond motifs is 6. The molecule has 0 aliphatic heterocycles. The lowest BCUT2D eigenvalue weighted by molar-refractivity contribution is -0.117. The average Bonchev–Trinajstić information content (AvgIpc) is 3.88. The minimum atomic E-state index is -0.0357. The van der Waals surface area contributed by atoms with Crippen molar-refractivity contribution in [1.29, 1.82) is 0 Å². The number of aromatic nitrogens is 4. The first kappa shape index (κ1) is 45.8. The number of rotatable bonds is 21. The molecule has 0 spiro atoms. The predicted octanol–water partition coefficient (Wildman–Crippen LogP) is 10.5. The van der Waals surface area contributed by atoms with Crippen molar-refractivity contribution in [3.05, 3.63) is 131 Å². The van der Waals surface area contributed by atoms with E-state index >= 15 is 0 Å². The van der Waals surface area contributed by atoms with Gasteiger partial charge in [-0.1, -0.05) is 100 Å². The summed E-state index contributed by atoms with van der Waals surface area (Å²) in [5.74, 6) is 1.94. The maximum Gasteiger partial charge on any atom is 0.224 e. The summed E-state index contributed by atoms with van der Waals surface area (Å²) in [4.78, 5) is 36.6. The number of carbonyl (C=O) groups is 2. The molecule has 0 atom stereocenters. The van der Waals surface area contributed by atoms with Gasteiger partial charge in [0, 0.05) is 74.0 Å². The van der Waals surface area contributed by atoms with Crippen LogP contribution in [0, 0.1) is 0 Å². The van der Waals surface area contributed by atoms with Gasteiger partial charge in [-0.2, -0.15) is 0 Å². The summed E-state index contributed by atoms with van der Waals surface area (Å²) in [5.41, 5.74) is 35.8. The molecule has 0 unspecified atom stereocenters. The van der Waals surface area contributed by atoms with Crippen LogP contribution >= 0.6 is 0 Å². The van der Waals surface area contributed by atoms with Crippen LogP contribution in [0.4, 0.5) is 22.7 Å². The Kier molecular flexibility index (Phi) is 14.6. The largest absolute Gasteiger partial charge is 0.397 e. The molecule has 0 bridgehead atoms. The minimum absolute atomic E-state index is 0.0357. The molecule has 0 fully saturated rings. The van der Waals surface area contributed by atoms with Gasteiger partial charge < -0.3 is 42.7 Å². The smallest absolute Gasteiger partial charge is 0.224 e. The second-order valence-electron chi connectivity index (χ2n) is 17.7. The van der Waals surface area contributed by atoms with Gasteiger partial charge in [-0.15, -0.1) is 0 Å². The number of anilines is 4. The van der Waals surface area contributed by atoms with Crippen LogP contribution in [0.2, 0.25) is 0 Å². The molecule has 2 amide bonds. The lowest BCUT2D eigenvalue weighted by Gasteiger charge is -2.13. The van der Waals surface area contributed by atoms with Crippen LogP contribution in [0.15, 0.2) is 97.1 Å². The van der Waals surface area contributed by atoms with Gasteiger partial charge in [0.1, 0.15) is 22.7 Å². The van der Waals surface area contributed by atoms with Crippen LogP contribution in [-0.2, 0) is 48.6 Å². The summed E-state index contributed by atoms with van der Waals surface area (Å²) in [6.45, 7) is 6.68. The van der Waals surface area contributed by atoms with E-state index in [-0.39, 0.29) is 11.8 Å². The molecule has 2 heterocycles. The lowest BCUT2D eigenvalue weighted by atomic mass is 10.1. The van der Waals surface area contributed by atoms with E-state index < -0.39 is 0 Å². The van der Waals surface area contributed by atoms with Crippen molar-refractivity contribution in [3.8, 4) is 0 Å². The van der Waals surface area contributed by atoms with Crippen LogP contribution in [0.25, 0.3) is 43.6 Å². The maximum absolute atomic E-state index is 13.2. The topological polar surface area (TPSA) is 198 Å². The molecular formula is C54H64N10O2. The third-order valence-electron chi connectivity index (χ3n) is 12.7. The normalized spacial score (nSPS) is 11.6. The van der Waals surface area contributed by atoms with E-state index in [1.54, 1.807) is 0 Å². The summed E-state index contributed by atoms with van der Waals surface area (Å²) in [5, 5.41) is 10.3. The van der Waals surface area contributed by atoms with Crippen LogP contribution < -0.4 is 33.6 Å². The van der Waals surface area contributed by atoms with E-state index in [0.717, 1.165) is 153 Å². The first-order valence-corrected chi connectivity index (χ1v) is 23.7. The fraction of sp³-hybridized carbons (Fsp3) is 0.333. The maximum atomic E-state index is 13.2. The molecule has 8 rings (SSSR count). The van der Waals surface area contributed by atoms with Crippen molar-refractivity contribution < 1.29 is 9.59 Å². The molecule has 12 nitrogen and oxygen atoms in total. The van der Waals surface area contributed by atoms with Gasteiger partial charge in [0.25, 0.3) is 0 Å². The predicted molar refractivity (Wildman–Crippen MR) is 272 cm³/mol. The third-order valence-corrected chi connectivity index (χ3v) is 12.7. The van der Waals surface area contributed by atoms with Crippen molar-refractivity contribution in [2.75, 3.05) is 22.1 Å². The Hall–Kier alpha value is -6.76. The fourth-order valence-electron chi connectivity index (χ4n) is 9.04. The molecule has 0 saturated heterocycles. The summed E-state index contributed by atoms with van der Waals surface area (Å²) in [7, 11) is 0.